The van der Waals surface area contributed by atoms with Crippen molar-refractivity contribution in [3.05, 3.63) is 58.1 Å². The summed E-state index contributed by atoms with van der Waals surface area (Å²) in [5.74, 6) is -0.249. The van der Waals surface area contributed by atoms with E-state index in [4.69, 9.17) is 27.9 Å². The summed E-state index contributed by atoms with van der Waals surface area (Å²) in [5.41, 5.74) is -1.13. The summed E-state index contributed by atoms with van der Waals surface area (Å²) in [6.45, 7) is 1.70. The summed E-state index contributed by atoms with van der Waals surface area (Å²) in [6.07, 6.45) is -0.298. The quantitative estimate of drug-likeness (QED) is 0.814. The van der Waals surface area contributed by atoms with Gasteiger partial charge in [0, 0.05) is 17.0 Å². The number of hydrogen-bond donors (Lipinski definition) is 1. The van der Waals surface area contributed by atoms with Crippen LogP contribution < -0.4 is 9.64 Å². The second kappa shape index (κ2) is 7.27. The number of nitrogens with zero attached hydrogens (tertiary/aromatic N) is 1. The summed E-state index contributed by atoms with van der Waals surface area (Å²) in [4.78, 5) is 25.8. The van der Waals surface area contributed by atoms with Crippen molar-refractivity contribution < 1.29 is 19.4 Å². The van der Waals surface area contributed by atoms with Crippen molar-refractivity contribution in [2.45, 2.75) is 18.9 Å². The van der Waals surface area contributed by atoms with Crippen LogP contribution >= 0.6 is 23.2 Å². The first-order valence-electron chi connectivity index (χ1n) is 8.04. The Kier molecular flexibility index (Phi) is 5.23. The van der Waals surface area contributed by atoms with Crippen LogP contribution in [-0.4, -0.2) is 29.9 Å². The average Bonchev–Trinajstić information content (AvgIpc) is 2.79. The van der Waals surface area contributed by atoms with Crippen molar-refractivity contribution in [2.24, 2.45) is 0 Å². The molecule has 0 aliphatic carbocycles. The second-order valence-corrected chi connectivity index (χ2v) is 6.98. The average molecular weight is 394 g/mol. The van der Waals surface area contributed by atoms with Gasteiger partial charge < -0.3 is 14.7 Å². The van der Waals surface area contributed by atoms with Gasteiger partial charge in [-0.2, -0.15) is 0 Å². The largest absolute Gasteiger partial charge is 0.492 e. The lowest BCUT2D eigenvalue weighted by molar-refractivity contribution is -0.141. The van der Waals surface area contributed by atoms with Crippen LogP contribution in [-0.2, 0) is 15.2 Å². The Labute approximate surface area is 161 Å². The minimum absolute atomic E-state index is 0.179. The Hall–Kier alpha value is -2.08. The summed E-state index contributed by atoms with van der Waals surface area (Å²) >= 11 is 12.1. The highest BCUT2D eigenvalue weighted by molar-refractivity contribution is 6.35. The zero-order valence-electron chi connectivity index (χ0n) is 14.0. The number of aliphatic hydroxyl groups is 1. The molecule has 7 heteroatoms. The monoisotopic (exact) mass is 393 g/mol. The third kappa shape index (κ3) is 3.43. The Balaban J connectivity index is 1.82. The number of ether oxygens (including phenoxy) is 1. The molecule has 2 aromatic carbocycles. The van der Waals surface area contributed by atoms with Crippen molar-refractivity contribution in [2.75, 3.05) is 18.1 Å². The van der Waals surface area contributed by atoms with Crippen LogP contribution in [0.2, 0.25) is 10.0 Å². The lowest BCUT2D eigenvalue weighted by atomic mass is 9.90. The van der Waals surface area contributed by atoms with Gasteiger partial charge in [0.25, 0.3) is 5.91 Å². The van der Waals surface area contributed by atoms with Crippen molar-refractivity contribution in [3.63, 3.8) is 0 Å². The molecule has 136 valence electrons. The highest BCUT2D eigenvalue weighted by Crippen LogP contribution is 2.45. The molecule has 1 amide bonds. The molecule has 1 heterocycles. The number of Topliss-reactive ketones (excluding diaryl/α,β-unsaturated/α-hetero) is 1. The highest BCUT2D eigenvalue weighted by Gasteiger charge is 2.51. The number of benzene rings is 2. The Bertz CT molecular complexity index is 853. The number of fused-ring (bicyclic) bond motifs is 1. The summed E-state index contributed by atoms with van der Waals surface area (Å²) in [5, 5.41) is 11.8. The minimum atomic E-state index is -1.90. The van der Waals surface area contributed by atoms with E-state index in [0.717, 1.165) is 0 Å². The number of carbonyl (C=O) groups excluding carboxylic acids is 2. The smallest absolute Gasteiger partial charge is 0.264 e. The van der Waals surface area contributed by atoms with Crippen molar-refractivity contribution in [1.82, 2.24) is 0 Å². The molecule has 0 spiro atoms. The molecule has 5 nitrogen and oxygen atoms in total. The third-order valence-electron chi connectivity index (χ3n) is 4.20. The molecular formula is C19H17Cl2NO4. The van der Waals surface area contributed by atoms with Crippen LogP contribution in [0.25, 0.3) is 0 Å². The number of hydrogen-bond acceptors (Lipinski definition) is 4. The van der Waals surface area contributed by atoms with E-state index in [1.54, 1.807) is 42.5 Å². The normalized spacial score (nSPS) is 18.8. The molecule has 0 bridgehead atoms. The van der Waals surface area contributed by atoms with Gasteiger partial charge in [-0.3, -0.25) is 9.59 Å². The first-order valence-corrected chi connectivity index (χ1v) is 8.79. The molecule has 0 radical (unpaired) electrons. The van der Waals surface area contributed by atoms with Crippen molar-refractivity contribution >= 4 is 40.6 Å². The molecule has 1 unspecified atom stereocenters. The van der Waals surface area contributed by atoms with E-state index >= 15 is 0 Å². The topological polar surface area (TPSA) is 66.8 Å². The fourth-order valence-electron chi connectivity index (χ4n) is 3.09. The standard InChI is InChI=1S/C19H17Cl2NO4/c1-12(23)11-19(25)15-3-2-4-16(21)17(15)22(18(19)24)9-10-26-14-7-5-13(20)6-8-14/h2-8,25H,9-11H2,1H3. The third-order valence-corrected chi connectivity index (χ3v) is 4.76. The molecule has 3 rings (SSSR count). The highest BCUT2D eigenvalue weighted by atomic mass is 35.5. The maximum Gasteiger partial charge on any atom is 0.264 e. The van der Waals surface area contributed by atoms with Gasteiger partial charge in [-0.1, -0.05) is 35.3 Å². The molecule has 1 atom stereocenters. The predicted octanol–water partition coefficient (Wildman–Crippen LogP) is 3.59. The summed E-state index contributed by atoms with van der Waals surface area (Å²) in [7, 11) is 0. The van der Waals surface area contributed by atoms with Crippen LogP contribution in [0.1, 0.15) is 18.9 Å². The SMILES string of the molecule is CC(=O)CC1(O)C(=O)N(CCOc2ccc(Cl)cc2)c2c(Cl)cccc21. The van der Waals surface area contributed by atoms with Gasteiger partial charge >= 0.3 is 0 Å². The molecule has 0 saturated carbocycles. The van der Waals surface area contributed by atoms with E-state index in [-0.39, 0.29) is 25.4 Å². The minimum Gasteiger partial charge on any atom is -0.492 e. The molecule has 0 saturated heterocycles. The van der Waals surface area contributed by atoms with Crippen LogP contribution in [0.5, 0.6) is 5.75 Å². The Morgan fingerprint density at radius 2 is 1.88 bits per heavy atom. The molecular weight excluding hydrogens is 377 g/mol. The lowest BCUT2D eigenvalue weighted by Gasteiger charge is -2.22. The van der Waals surface area contributed by atoms with E-state index < -0.39 is 11.5 Å². The molecule has 1 aliphatic heterocycles. The van der Waals surface area contributed by atoms with Gasteiger partial charge in [-0.25, -0.2) is 0 Å². The lowest BCUT2D eigenvalue weighted by Crippen LogP contribution is -2.43. The predicted molar refractivity (Wildman–Crippen MR) is 99.9 cm³/mol. The number of ketones is 1. The number of rotatable bonds is 6. The van der Waals surface area contributed by atoms with E-state index in [2.05, 4.69) is 0 Å². The molecule has 1 N–H and O–H groups in total. The molecule has 1 aliphatic rings. The van der Waals surface area contributed by atoms with Gasteiger partial charge in [-0.05, 0) is 37.3 Å². The first kappa shape index (κ1) is 18.7. The number of para-hydroxylation sites is 1. The molecule has 0 fully saturated rings. The maximum absolute atomic E-state index is 12.9. The van der Waals surface area contributed by atoms with E-state index in [1.807, 2.05) is 0 Å². The van der Waals surface area contributed by atoms with E-state index in [0.29, 0.717) is 27.0 Å². The Morgan fingerprint density at radius 3 is 2.54 bits per heavy atom. The number of anilines is 1. The van der Waals surface area contributed by atoms with Crippen molar-refractivity contribution in [3.8, 4) is 5.75 Å². The van der Waals surface area contributed by atoms with Crippen LogP contribution in [0.4, 0.5) is 5.69 Å². The van der Waals surface area contributed by atoms with Crippen LogP contribution in [0, 0.1) is 0 Å². The number of carbonyl (C=O) groups is 2. The summed E-state index contributed by atoms with van der Waals surface area (Å²) in [6, 6.07) is 11.8. The Morgan fingerprint density at radius 1 is 1.19 bits per heavy atom. The molecule has 0 aromatic heterocycles. The van der Waals surface area contributed by atoms with Crippen LogP contribution in [0.15, 0.2) is 42.5 Å². The zero-order chi connectivity index (χ0) is 18.9. The van der Waals surface area contributed by atoms with Gasteiger partial charge in [-0.15, -0.1) is 0 Å². The maximum atomic E-state index is 12.9. The van der Waals surface area contributed by atoms with Crippen molar-refractivity contribution in [1.29, 1.82) is 0 Å². The zero-order valence-corrected chi connectivity index (χ0v) is 15.5. The first-order chi connectivity index (χ1) is 12.3. The second-order valence-electron chi connectivity index (χ2n) is 6.13. The molecule has 2 aromatic rings. The number of amides is 1. The number of halogens is 2. The van der Waals surface area contributed by atoms with Gasteiger partial charge in [0.05, 0.1) is 17.3 Å². The van der Waals surface area contributed by atoms with E-state index in [1.165, 1.54) is 11.8 Å². The fraction of sp³-hybridized carbons (Fsp3) is 0.263. The van der Waals surface area contributed by atoms with E-state index in [9.17, 15) is 14.7 Å². The van der Waals surface area contributed by atoms with Gasteiger partial charge in [0.15, 0.2) is 5.60 Å². The van der Waals surface area contributed by atoms with Gasteiger partial charge in [0.1, 0.15) is 18.1 Å². The molecule has 26 heavy (non-hydrogen) atoms. The fourth-order valence-corrected chi connectivity index (χ4v) is 3.50. The van der Waals surface area contributed by atoms with Gasteiger partial charge in [0.2, 0.25) is 0 Å². The summed E-state index contributed by atoms with van der Waals surface area (Å²) < 4.78 is 5.63. The van der Waals surface area contributed by atoms with Crippen LogP contribution in [0.3, 0.4) is 0 Å².